The van der Waals surface area contributed by atoms with E-state index in [0.717, 1.165) is 38.0 Å². The zero-order valence-electron chi connectivity index (χ0n) is 10.2. The summed E-state index contributed by atoms with van der Waals surface area (Å²) >= 11 is 0. The molecule has 1 aromatic rings. The molecule has 1 aromatic carbocycles. The summed E-state index contributed by atoms with van der Waals surface area (Å²) in [6.07, 6.45) is 2.14. The first-order chi connectivity index (χ1) is 7.65. The molecule has 4 heteroatoms. The lowest BCUT2D eigenvalue weighted by atomic mass is 10.0. The monoisotopic (exact) mass is 258 g/mol. The van der Waals surface area contributed by atoms with Crippen LogP contribution < -0.4 is 5.73 Å². The number of nitrogens with two attached hydrogens (primary N) is 1. The first-order valence-electron chi connectivity index (χ1n) is 5.88. The third kappa shape index (κ3) is 3.95. The Bertz CT molecular complexity index is 362. The zero-order valence-corrected chi connectivity index (χ0v) is 11.0. The van der Waals surface area contributed by atoms with Crippen LogP contribution in [0.2, 0.25) is 0 Å². The fourth-order valence-electron chi connectivity index (χ4n) is 2.19. The number of benzene rings is 1. The summed E-state index contributed by atoms with van der Waals surface area (Å²) < 4.78 is 12.9. The van der Waals surface area contributed by atoms with Crippen LogP contribution >= 0.6 is 12.4 Å². The molecule has 0 amide bonds. The smallest absolute Gasteiger partial charge is 0.123 e. The van der Waals surface area contributed by atoms with Gasteiger partial charge in [0.1, 0.15) is 5.82 Å². The van der Waals surface area contributed by atoms with Crippen LogP contribution in [0.25, 0.3) is 0 Å². The molecule has 96 valence electrons. The van der Waals surface area contributed by atoms with Gasteiger partial charge in [-0.2, -0.15) is 0 Å². The van der Waals surface area contributed by atoms with Crippen molar-refractivity contribution in [2.75, 3.05) is 13.1 Å². The predicted octanol–water partition coefficient (Wildman–Crippen LogP) is 2.48. The summed E-state index contributed by atoms with van der Waals surface area (Å²) in [5, 5.41) is 0. The molecule has 17 heavy (non-hydrogen) atoms. The zero-order chi connectivity index (χ0) is 11.5. The molecular weight excluding hydrogens is 239 g/mol. The van der Waals surface area contributed by atoms with Crippen molar-refractivity contribution in [3.05, 3.63) is 35.1 Å². The Morgan fingerprint density at radius 2 is 2.00 bits per heavy atom. The van der Waals surface area contributed by atoms with Crippen molar-refractivity contribution >= 4 is 12.4 Å². The maximum Gasteiger partial charge on any atom is 0.123 e. The third-order valence-electron chi connectivity index (χ3n) is 3.33. The van der Waals surface area contributed by atoms with Gasteiger partial charge in [0.2, 0.25) is 0 Å². The quantitative estimate of drug-likeness (QED) is 0.883. The summed E-state index contributed by atoms with van der Waals surface area (Å²) in [5.74, 6) is -0.151. The second kappa shape index (κ2) is 6.34. The molecule has 2 N–H and O–H groups in total. The SMILES string of the molecule is Cc1cc(F)ccc1CN1CCC(N)CC1.Cl. The molecule has 1 saturated heterocycles. The normalized spacial score (nSPS) is 17.8. The number of halogens is 2. The highest BCUT2D eigenvalue weighted by Crippen LogP contribution is 2.16. The average Bonchev–Trinajstić information content (AvgIpc) is 2.25. The molecule has 0 saturated carbocycles. The van der Waals surface area contributed by atoms with E-state index < -0.39 is 0 Å². The van der Waals surface area contributed by atoms with E-state index >= 15 is 0 Å². The Morgan fingerprint density at radius 1 is 1.35 bits per heavy atom. The van der Waals surface area contributed by atoms with E-state index in [2.05, 4.69) is 4.90 Å². The molecule has 0 atom stereocenters. The molecule has 2 rings (SSSR count). The molecule has 1 fully saturated rings. The molecule has 0 unspecified atom stereocenters. The molecule has 1 aliphatic rings. The van der Waals surface area contributed by atoms with Gasteiger partial charge in [0.05, 0.1) is 0 Å². The summed E-state index contributed by atoms with van der Waals surface area (Å²) in [5.41, 5.74) is 8.12. The molecule has 2 nitrogen and oxygen atoms in total. The van der Waals surface area contributed by atoms with Crippen LogP contribution in [0.3, 0.4) is 0 Å². The topological polar surface area (TPSA) is 29.3 Å². The molecule has 0 spiro atoms. The maximum absolute atomic E-state index is 12.9. The standard InChI is InChI=1S/C13H19FN2.ClH/c1-10-8-12(14)3-2-11(10)9-16-6-4-13(15)5-7-16;/h2-3,8,13H,4-7,9,15H2,1H3;1H. The number of rotatable bonds is 2. The van der Waals surface area contributed by atoms with Gasteiger partial charge in [-0.25, -0.2) is 4.39 Å². The fraction of sp³-hybridized carbons (Fsp3) is 0.538. The molecular formula is C13H20ClFN2. The van der Waals surface area contributed by atoms with Gasteiger partial charge in [0, 0.05) is 12.6 Å². The Kier molecular flexibility index (Phi) is 5.37. The lowest BCUT2D eigenvalue weighted by molar-refractivity contribution is 0.205. The van der Waals surface area contributed by atoms with Crippen molar-refractivity contribution in [2.45, 2.75) is 32.4 Å². The minimum absolute atomic E-state index is 0. The highest BCUT2D eigenvalue weighted by molar-refractivity contribution is 5.85. The van der Waals surface area contributed by atoms with Gasteiger partial charge in [0.25, 0.3) is 0 Å². The Labute approximate surface area is 108 Å². The number of piperidine rings is 1. The van der Waals surface area contributed by atoms with E-state index in [4.69, 9.17) is 5.73 Å². The third-order valence-corrected chi connectivity index (χ3v) is 3.33. The lowest BCUT2D eigenvalue weighted by Gasteiger charge is -2.30. The van der Waals surface area contributed by atoms with Gasteiger partial charge in [-0.05, 0) is 56.1 Å². The highest BCUT2D eigenvalue weighted by Gasteiger charge is 2.16. The van der Waals surface area contributed by atoms with Gasteiger partial charge in [-0.3, -0.25) is 4.90 Å². The van der Waals surface area contributed by atoms with E-state index in [9.17, 15) is 4.39 Å². The summed E-state index contributed by atoms with van der Waals surface area (Å²) in [6.45, 7) is 4.99. The Balaban J connectivity index is 0.00000144. The summed E-state index contributed by atoms with van der Waals surface area (Å²) in [4.78, 5) is 2.39. The van der Waals surface area contributed by atoms with E-state index in [-0.39, 0.29) is 18.2 Å². The fourth-order valence-corrected chi connectivity index (χ4v) is 2.19. The molecule has 0 radical (unpaired) electrons. The highest BCUT2D eigenvalue weighted by atomic mass is 35.5. The second-order valence-corrected chi connectivity index (χ2v) is 4.68. The Hall–Kier alpha value is -0.640. The van der Waals surface area contributed by atoms with Crippen LogP contribution in [0.1, 0.15) is 24.0 Å². The van der Waals surface area contributed by atoms with Gasteiger partial charge in [0.15, 0.2) is 0 Å². The van der Waals surface area contributed by atoms with Crippen molar-refractivity contribution in [2.24, 2.45) is 5.73 Å². The number of nitrogens with zero attached hydrogens (tertiary/aromatic N) is 1. The molecule has 1 heterocycles. The van der Waals surface area contributed by atoms with Crippen LogP contribution in [0.15, 0.2) is 18.2 Å². The number of hydrogen-bond donors (Lipinski definition) is 1. The average molecular weight is 259 g/mol. The van der Waals surface area contributed by atoms with Gasteiger partial charge in [-0.15, -0.1) is 12.4 Å². The van der Waals surface area contributed by atoms with Crippen molar-refractivity contribution in [1.82, 2.24) is 4.90 Å². The Morgan fingerprint density at radius 3 is 2.59 bits per heavy atom. The summed E-state index contributed by atoms with van der Waals surface area (Å²) in [7, 11) is 0. The van der Waals surface area contributed by atoms with Gasteiger partial charge < -0.3 is 5.73 Å². The van der Waals surface area contributed by atoms with Gasteiger partial charge >= 0.3 is 0 Å². The number of aryl methyl sites for hydroxylation is 1. The first kappa shape index (κ1) is 14.4. The first-order valence-corrected chi connectivity index (χ1v) is 5.88. The number of hydrogen-bond acceptors (Lipinski definition) is 2. The number of likely N-dealkylation sites (tertiary alicyclic amines) is 1. The van der Waals surface area contributed by atoms with Crippen LogP contribution in [-0.4, -0.2) is 24.0 Å². The minimum Gasteiger partial charge on any atom is -0.328 e. The lowest BCUT2D eigenvalue weighted by Crippen LogP contribution is -2.39. The van der Waals surface area contributed by atoms with Crippen molar-refractivity contribution in [3.8, 4) is 0 Å². The summed E-state index contributed by atoms with van der Waals surface area (Å²) in [6, 6.07) is 5.40. The molecule has 1 aliphatic heterocycles. The van der Waals surface area contributed by atoms with Crippen LogP contribution in [0.5, 0.6) is 0 Å². The molecule has 0 aromatic heterocycles. The predicted molar refractivity (Wildman–Crippen MR) is 70.9 cm³/mol. The largest absolute Gasteiger partial charge is 0.328 e. The van der Waals surface area contributed by atoms with Crippen molar-refractivity contribution < 1.29 is 4.39 Å². The van der Waals surface area contributed by atoms with Crippen LogP contribution in [0.4, 0.5) is 4.39 Å². The minimum atomic E-state index is -0.151. The van der Waals surface area contributed by atoms with Crippen LogP contribution in [0, 0.1) is 12.7 Å². The van der Waals surface area contributed by atoms with E-state index in [1.54, 1.807) is 6.07 Å². The van der Waals surface area contributed by atoms with E-state index in [1.165, 1.54) is 11.6 Å². The van der Waals surface area contributed by atoms with E-state index in [0.29, 0.717) is 6.04 Å². The van der Waals surface area contributed by atoms with Crippen molar-refractivity contribution in [3.63, 3.8) is 0 Å². The van der Waals surface area contributed by atoms with Crippen molar-refractivity contribution in [1.29, 1.82) is 0 Å². The maximum atomic E-state index is 12.9. The van der Waals surface area contributed by atoms with Crippen LogP contribution in [-0.2, 0) is 6.54 Å². The second-order valence-electron chi connectivity index (χ2n) is 4.68. The molecule has 0 bridgehead atoms. The van der Waals surface area contributed by atoms with E-state index in [1.807, 2.05) is 13.0 Å². The molecule has 0 aliphatic carbocycles. The van der Waals surface area contributed by atoms with Gasteiger partial charge in [-0.1, -0.05) is 6.07 Å².